The molecule has 1 N–H and O–H groups in total. The molecular formula is C15H21NO3S. The molecule has 0 radical (unpaired) electrons. The quantitative estimate of drug-likeness (QED) is 0.908. The molecule has 0 aliphatic carbocycles. The average molecular weight is 295 g/mol. The molecule has 2 heterocycles. The van der Waals surface area contributed by atoms with Gasteiger partial charge in [0.15, 0.2) is 0 Å². The van der Waals surface area contributed by atoms with Crippen LogP contribution >= 0.6 is 11.3 Å². The highest BCUT2D eigenvalue weighted by atomic mass is 32.1. The van der Waals surface area contributed by atoms with E-state index in [-0.39, 0.29) is 11.8 Å². The first-order valence-corrected chi connectivity index (χ1v) is 7.85. The second-order valence-electron chi connectivity index (χ2n) is 5.46. The first kappa shape index (κ1) is 15.0. The lowest BCUT2D eigenvalue weighted by Crippen LogP contribution is -2.29. The fraction of sp³-hybridized carbons (Fsp3) is 0.600. The zero-order valence-electron chi connectivity index (χ0n) is 12.0. The fourth-order valence-corrected chi connectivity index (χ4v) is 3.68. The lowest BCUT2D eigenvalue weighted by molar-refractivity contribution is -0.141. The highest BCUT2D eigenvalue weighted by molar-refractivity contribution is 7.12. The second kappa shape index (κ2) is 6.39. The molecule has 1 amide bonds. The van der Waals surface area contributed by atoms with E-state index in [0.717, 1.165) is 12.8 Å². The van der Waals surface area contributed by atoms with E-state index in [1.54, 1.807) is 16.2 Å². The molecule has 1 aliphatic heterocycles. The number of thiophene rings is 1. The summed E-state index contributed by atoms with van der Waals surface area (Å²) in [7, 11) is 0. The number of carbonyl (C=O) groups is 2. The summed E-state index contributed by atoms with van der Waals surface area (Å²) in [6, 6.07) is 2.20. The van der Waals surface area contributed by atoms with Crippen LogP contribution in [-0.4, -0.2) is 35.0 Å². The van der Waals surface area contributed by atoms with Crippen molar-refractivity contribution in [3.63, 3.8) is 0 Å². The number of carbonyl (C=O) groups excluding carboxylic acids is 1. The average Bonchev–Trinajstić information content (AvgIpc) is 2.97. The largest absolute Gasteiger partial charge is 0.481 e. The van der Waals surface area contributed by atoms with Gasteiger partial charge < -0.3 is 10.0 Å². The molecule has 0 unspecified atom stereocenters. The van der Waals surface area contributed by atoms with Crippen molar-refractivity contribution in [3.05, 3.63) is 21.4 Å². The number of nitrogens with zero attached hydrogens (tertiary/aromatic N) is 1. The van der Waals surface area contributed by atoms with Crippen LogP contribution in [0.5, 0.6) is 0 Å². The molecular weight excluding hydrogens is 274 g/mol. The summed E-state index contributed by atoms with van der Waals surface area (Å²) in [4.78, 5) is 27.2. The van der Waals surface area contributed by atoms with Gasteiger partial charge in [-0.05, 0) is 44.7 Å². The van der Waals surface area contributed by atoms with Crippen molar-refractivity contribution in [2.45, 2.75) is 39.5 Å². The van der Waals surface area contributed by atoms with E-state index in [4.69, 9.17) is 5.11 Å². The van der Waals surface area contributed by atoms with E-state index in [0.29, 0.717) is 25.9 Å². The normalized spacial score (nSPS) is 18.5. The second-order valence-corrected chi connectivity index (χ2v) is 6.92. The Labute approximate surface area is 123 Å². The minimum atomic E-state index is -0.787. The molecule has 110 valence electrons. The topological polar surface area (TPSA) is 57.6 Å². The Morgan fingerprint density at radius 3 is 2.75 bits per heavy atom. The summed E-state index contributed by atoms with van der Waals surface area (Å²) < 4.78 is 0. The Morgan fingerprint density at radius 1 is 1.45 bits per heavy atom. The summed E-state index contributed by atoms with van der Waals surface area (Å²) >= 11 is 1.80. The van der Waals surface area contributed by atoms with E-state index in [1.165, 1.54) is 15.3 Å². The van der Waals surface area contributed by atoms with Crippen LogP contribution in [0.1, 0.15) is 34.6 Å². The van der Waals surface area contributed by atoms with Crippen LogP contribution in [0.15, 0.2) is 6.07 Å². The van der Waals surface area contributed by atoms with Crippen LogP contribution in [0.2, 0.25) is 0 Å². The summed E-state index contributed by atoms with van der Waals surface area (Å²) in [5.41, 5.74) is 1.34. The third-order valence-electron chi connectivity index (χ3n) is 3.87. The maximum absolute atomic E-state index is 12.0. The lowest BCUT2D eigenvalue weighted by atomic mass is 10.1. The molecule has 1 aliphatic rings. The van der Waals surface area contributed by atoms with Gasteiger partial charge in [-0.25, -0.2) is 0 Å². The minimum Gasteiger partial charge on any atom is -0.481 e. The third kappa shape index (κ3) is 3.60. The standard InChI is InChI=1S/C15H21NO3S/c1-10-8-12(11(2)20-10)4-3-5-14(17)16-7-6-13(9-16)15(18)19/h8,13H,3-7,9H2,1-2H3,(H,18,19)/t13-/m0/s1. The lowest BCUT2D eigenvalue weighted by Gasteiger charge is -2.15. The SMILES string of the molecule is Cc1cc(CCCC(=O)N2CC[C@H](C(=O)O)C2)c(C)s1. The van der Waals surface area contributed by atoms with Crippen molar-refractivity contribution < 1.29 is 14.7 Å². The van der Waals surface area contributed by atoms with Gasteiger partial charge >= 0.3 is 5.97 Å². The van der Waals surface area contributed by atoms with Gasteiger partial charge in [0, 0.05) is 29.3 Å². The van der Waals surface area contributed by atoms with Crippen molar-refractivity contribution in [1.82, 2.24) is 4.90 Å². The summed E-state index contributed by atoms with van der Waals surface area (Å²) in [6.07, 6.45) is 2.87. The summed E-state index contributed by atoms with van der Waals surface area (Å²) in [5.74, 6) is -1.07. The van der Waals surface area contributed by atoms with Crippen molar-refractivity contribution in [2.75, 3.05) is 13.1 Å². The Bertz CT molecular complexity index is 509. The smallest absolute Gasteiger partial charge is 0.308 e. The molecule has 1 aromatic heterocycles. The predicted molar refractivity (Wildman–Crippen MR) is 79.1 cm³/mol. The van der Waals surface area contributed by atoms with Crippen LogP contribution in [0.3, 0.4) is 0 Å². The molecule has 0 aromatic carbocycles. The number of carboxylic acid groups (broad SMARTS) is 1. The van der Waals surface area contributed by atoms with Gasteiger partial charge in [0.2, 0.25) is 5.91 Å². The number of aliphatic carboxylic acids is 1. The molecule has 4 nitrogen and oxygen atoms in total. The Balaban J connectivity index is 1.76. The monoisotopic (exact) mass is 295 g/mol. The van der Waals surface area contributed by atoms with Crippen LogP contribution < -0.4 is 0 Å². The summed E-state index contributed by atoms with van der Waals surface area (Å²) in [6.45, 7) is 5.19. The Kier molecular flexibility index (Phi) is 4.81. The number of aryl methyl sites for hydroxylation is 3. The van der Waals surface area contributed by atoms with Crippen molar-refractivity contribution >= 4 is 23.2 Å². The predicted octanol–water partition coefficient (Wildman–Crippen LogP) is 2.62. The maximum Gasteiger partial charge on any atom is 0.308 e. The van der Waals surface area contributed by atoms with Gasteiger partial charge in [0.05, 0.1) is 5.92 Å². The van der Waals surface area contributed by atoms with E-state index < -0.39 is 5.97 Å². The van der Waals surface area contributed by atoms with E-state index in [9.17, 15) is 9.59 Å². The maximum atomic E-state index is 12.0. The zero-order chi connectivity index (χ0) is 14.7. The molecule has 1 aromatic rings. The zero-order valence-corrected chi connectivity index (χ0v) is 12.8. The van der Waals surface area contributed by atoms with Gasteiger partial charge in [0.25, 0.3) is 0 Å². The van der Waals surface area contributed by atoms with Crippen LogP contribution in [0, 0.1) is 19.8 Å². The van der Waals surface area contributed by atoms with Gasteiger partial charge in [-0.3, -0.25) is 9.59 Å². The number of rotatable bonds is 5. The fourth-order valence-electron chi connectivity index (χ4n) is 2.71. The van der Waals surface area contributed by atoms with Crippen LogP contribution in [0.4, 0.5) is 0 Å². The van der Waals surface area contributed by atoms with Gasteiger partial charge in [-0.1, -0.05) is 0 Å². The highest BCUT2D eigenvalue weighted by Gasteiger charge is 2.30. The van der Waals surface area contributed by atoms with Crippen molar-refractivity contribution in [1.29, 1.82) is 0 Å². The number of likely N-dealkylation sites (tertiary alicyclic amines) is 1. The molecule has 2 rings (SSSR count). The molecule has 1 atom stereocenters. The molecule has 5 heteroatoms. The van der Waals surface area contributed by atoms with Crippen LogP contribution in [-0.2, 0) is 16.0 Å². The highest BCUT2D eigenvalue weighted by Crippen LogP contribution is 2.23. The molecule has 20 heavy (non-hydrogen) atoms. The Hall–Kier alpha value is -1.36. The number of carboxylic acids is 1. The molecule has 0 saturated carbocycles. The minimum absolute atomic E-state index is 0.0957. The number of amides is 1. The molecule has 0 spiro atoms. The van der Waals surface area contributed by atoms with Gasteiger partial charge in [-0.2, -0.15) is 0 Å². The van der Waals surface area contributed by atoms with Crippen molar-refractivity contribution in [2.24, 2.45) is 5.92 Å². The van der Waals surface area contributed by atoms with Gasteiger partial charge in [0.1, 0.15) is 0 Å². The third-order valence-corrected chi connectivity index (χ3v) is 4.88. The molecule has 1 fully saturated rings. The van der Waals surface area contributed by atoms with Crippen LogP contribution in [0.25, 0.3) is 0 Å². The number of hydrogen-bond donors (Lipinski definition) is 1. The van der Waals surface area contributed by atoms with E-state index >= 15 is 0 Å². The molecule has 1 saturated heterocycles. The van der Waals surface area contributed by atoms with Gasteiger partial charge in [-0.15, -0.1) is 11.3 Å². The van der Waals surface area contributed by atoms with Crippen molar-refractivity contribution in [3.8, 4) is 0 Å². The van der Waals surface area contributed by atoms with E-state index in [2.05, 4.69) is 19.9 Å². The molecule has 0 bridgehead atoms. The first-order valence-electron chi connectivity index (χ1n) is 7.04. The first-order chi connectivity index (χ1) is 9.47. The number of hydrogen-bond acceptors (Lipinski definition) is 3. The Morgan fingerprint density at radius 2 is 2.20 bits per heavy atom. The van der Waals surface area contributed by atoms with E-state index in [1.807, 2.05) is 0 Å². The summed E-state index contributed by atoms with van der Waals surface area (Å²) in [5, 5.41) is 8.93.